The highest BCUT2D eigenvalue weighted by molar-refractivity contribution is 14.0. The minimum Gasteiger partial charge on any atom is -0.384 e. The monoisotopic (exact) mass is 453 g/mol. The minimum atomic E-state index is 0. The van der Waals surface area contributed by atoms with Crippen LogP contribution in [0.4, 0.5) is 0 Å². The average Bonchev–Trinajstić information content (AvgIpc) is 3.03. The fourth-order valence-corrected chi connectivity index (χ4v) is 3.55. The van der Waals surface area contributed by atoms with Gasteiger partial charge in [-0.25, -0.2) is 0 Å². The third-order valence-electron chi connectivity index (χ3n) is 4.79. The minimum absolute atomic E-state index is 0. The van der Waals surface area contributed by atoms with E-state index in [2.05, 4.69) is 17.1 Å². The SMILES string of the molecule is CCNC(=NCCCOC1CCCCC1)N1CCC(COC)C1.I. The molecule has 0 aromatic rings. The van der Waals surface area contributed by atoms with Gasteiger partial charge in [0.1, 0.15) is 0 Å². The lowest BCUT2D eigenvalue weighted by Gasteiger charge is -2.22. The van der Waals surface area contributed by atoms with E-state index in [1.165, 1.54) is 38.5 Å². The molecule has 2 aliphatic rings. The van der Waals surface area contributed by atoms with E-state index in [0.29, 0.717) is 12.0 Å². The number of methoxy groups -OCH3 is 1. The predicted octanol–water partition coefficient (Wildman–Crippen LogP) is 3.28. The van der Waals surface area contributed by atoms with E-state index in [0.717, 1.165) is 51.8 Å². The first-order chi connectivity index (χ1) is 11.3. The maximum absolute atomic E-state index is 5.98. The van der Waals surface area contributed by atoms with Crippen molar-refractivity contribution in [1.29, 1.82) is 0 Å². The Morgan fingerprint density at radius 3 is 2.71 bits per heavy atom. The topological polar surface area (TPSA) is 46.1 Å². The third kappa shape index (κ3) is 7.87. The quantitative estimate of drug-likeness (QED) is 0.265. The molecular weight excluding hydrogens is 417 g/mol. The van der Waals surface area contributed by atoms with Crippen molar-refractivity contribution in [3.63, 3.8) is 0 Å². The second-order valence-electron chi connectivity index (χ2n) is 6.78. The van der Waals surface area contributed by atoms with Gasteiger partial charge in [-0.2, -0.15) is 0 Å². The molecule has 1 aliphatic heterocycles. The number of halogens is 1. The van der Waals surface area contributed by atoms with Crippen LogP contribution in [0.15, 0.2) is 4.99 Å². The van der Waals surface area contributed by atoms with Crippen LogP contribution in [-0.2, 0) is 9.47 Å². The lowest BCUT2D eigenvalue weighted by molar-refractivity contribution is 0.0281. The van der Waals surface area contributed by atoms with Crippen LogP contribution in [0.2, 0.25) is 0 Å². The van der Waals surface area contributed by atoms with Gasteiger partial charge in [0.25, 0.3) is 0 Å². The summed E-state index contributed by atoms with van der Waals surface area (Å²) >= 11 is 0. The zero-order valence-electron chi connectivity index (χ0n) is 15.5. The van der Waals surface area contributed by atoms with Gasteiger partial charge in [0.05, 0.1) is 12.7 Å². The zero-order valence-corrected chi connectivity index (χ0v) is 17.8. The Balaban J connectivity index is 0.00000288. The molecule has 0 radical (unpaired) electrons. The molecule has 0 aromatic carbocycles. The van der Waals surface area contributed by atoms with Crippen molar-refractivity contribution in [3.05, 3.63) is 0 Å². The molecule has 2 rings (SSSR count). The summed E-state index contributed by atoms with van der Waals surface area (Å²) in [5.41, 5.74) is 0. The highest BCUT2D eigenvalue weighted by Crippen LogP contribution is 2.20. The maximum Gasteiger partial charge on any atom is 0.193 e. The summed E-state index contributed by atoms with van der Waals surface area (Å²) in [6.07, 6.45) is 9.28. The molecule has 1 aliphatic carbocycles. The van der Waals surface area contributed by atoms with Crippen LogP contribution >= 0.6 is 24.0 Å². The molecule has 0 amide bonds. The first-order valence-electron chi connectivity index (χ1n) is 9.47. The number of nitrogens with one attached hydrogen (secondary N) is 1. The van der Waals surface area contributed by atoms with E-state index >= 15 is 0 Å². The van der Waals surface area contributed by atoms with Gasteiger partial charge in [0.15, 0.2) is 5.96 Å². The van der Waals surface area contributed by atoms with Crippen molar-refractivity contribution in [1.82, 2.24) is 10.2 Å². The largest absolute Gasteiger partial charge is 0.384 e. The van der Waals surface area contributed by atoms with Crippen LogP contribution in [0.1, 0.15) is 51.9 Å². The number of rotatable bonds is 8. The molecule has 0 bridgehead atoms. The van der Waals surface area contributed by atoms with Gasteiger partial charge in [-0.05, 0) is 32.6 Å². The van der Waals surface area contributed by atoms with Crippen molar-refractivity contribution in [2.45, 2.75) is 58.0 Å². The highest BCUT2D eigenvalue weighted by Gasteiger charge is 2.24. The van der Waals surface area contributed by atoms with E-state index in [1.807, 2.05) is 0 Å². The summed E-state index contributed by atoms with van der Waals surface area (Å²) in [4.78, 5) is 7.15. The summed E-state index contributed by atoms with van der Waals surface area (Å²) in [5, 5.41) is 3.42. The van der Waals surface area contributed by atoms with Gasteiger partial charge in [0, 0.05) is 45.8 Å². The van der Waals surface area contributed by atoms with Gasteiger partial charge in [-0.15, -0.1) is 24.0 Å². The maximum atomic E-state index is 5.98. The third-order valence-corrected chi connectivity index (χ3v) is 4.79. The van der Waals surface area contributed by atoms with E-state index in [9.17, 15) is 0 Å². The standard InChI is InChI=1S/C18H35N3O2.HI/c1-3-19-18(21-12-10-16(14-21)15-22-2)20-11-7-13-23-17-8-5-4-6-9-17;/h16-17H,3-15H2,1-2H3,(H,19,20);1H. The van der Waals surface area contributed by atoms with Crippen molar-refractivity contribution in [3.8, 4) is 0 Å². The summed E-state index contributed by atoms with van der Waals surface area (Å²) in [5.74, 6) is 1.70. The molecular formula is C18H36IN3O2. The number of hydrogen-bond acceptors (Lipinski definition) is 3. The zero-order chi connectivity index (χ0) is 16.3. The highest BCUT2D eigenvalue weighted by atomic mass is 127. The van der Waals surface area contributed by atoms with Gasteiger partial charge >= 0.3 is 0 Å². The number of hydrogen-bond donors (Lipinski definition) is 1. The lowest BCUT2D eigenvalue weighted by Crippen LogP contribution is -2.40. The Morgan fingerprint density at radius 2 is 2.00 bits per heavy atom. The van der Waals surface area contributed by atoms with E-state index in [4.69, 9.17) is 14.5 Å². The molecule has 1 saturated heterocycles. The van der Waals surface area contributed by atoms with Gasteiger partial charge in [-0.1, -0.05) is 19.3 Å². The smallest absolute Gasteiger partial charge is 0.193 e. The lowest BCUT2D eigenvalue weighted by atomic mass is 9.98. The Hall–Kier alpha value is -0.0800. The summed E-state index contributed by atoms with van der Waals surface area (Å²) in [6.45, 7) is 7.73. The molecule has 1 N–H and O–H groups in total. The fraction of sp³-hybridized carbons (Fsp3) is 0.944. The van der Waals surface area contributed by atoms with Crippen LogP contribution < -0.4 is 5.32 Å². The van der Waals surface area contributed by atoms with Crippen molar-refractivity contribution >= 4 is 29.9 Å². The van der Waals surface area contributed by atoms with Crippen molar-refractivity contribution in [2.24, 2.45) is 10.9 Å². The average molecular weight is 453 g/mol. The Morgan fingerprint density at radius 1 is 1.21 bits per heavy atom. The number of ether oxygens (including phenoxy) is 2. The van der Waals surface area contributed by atoms with Crippen molar-refractivity contribution in [2.75, 3.05) is 46.5 Å². The van der Waals surface area contributed by atoms with Gasteiger partial charge in [0.2, 0.25) is 0 Å². The van der Waals surface area contributed by atoms with E-state index in [1.54, 1.807) is 7.11 Å². The summed E-state index contributed by atoms with van der Waals surface area (Å²) in [7, 11) is 1.79. The number of aliphatic imine (C=N–C) groups is 1. The van der Waals surface area contributed by atoms with Crippen molar-refractivity contribution < 1.29 is 9.47 Å². The molecule has 142 valence electrons. The Labute approximate surface area is 165 Å². The van der Waals surface area contributed by atoms with Crippen LogP contribution in [0.25, 0.3) is 0 Å². The second kappa shape index (κ2) is 13.2. The molecule has 24 heavy (non-hydrogen) atoms. The molecule has 5 nitrogen and oxygen atoms in total. The molecule has 2 fully saturated rings. The molecule has 1 atom stereocenters. The summed E-state index contributed by atoms with van der Waals surface area (Å²) in [6, 6.07) is 0. The summed E-state index contributed by atoms with van der Waals surface area (Å²) < 4.78 is 11.3. The normalized spacial score (nSPS) is 22.5. The van der Waals surface area contributed by atoms with Gasteiger partial charge < -0.3 is 19.7 Å². The second-order valence-corrected chi connectivity index (χ2v) is 6.78. The first-order valence-corrected chi connectivity index (χ1v) is 9.47. The molecule has 6 heteroatoms. The molecule has 1 saturated carbocycles. The van der Waals surface area contributed by atoms with Crippen LogP contribution in [0.3, 0.4) is 0 Å². The molecule has 1 unspecified atom stereocenters. The fourth-order valence-electron chi connectivity index (χ4n) is 3.55. The number of nitrogens with zero attached hydrogens (tertiary/aromatic N) is 2. The van der Waals surface area contributed by atoms with E-state index < -0.39 is 0 Å². The molecule has 0 aromatic heterocycles. The predicted molar refractivity (Wildman–Crippen MR) is 110 cm³/mol. The number of guanidine groups is 1. The van der Waals surface area contributed by atoms with Crippen LogP contribution in [0.5, 0.6) is 0 Å². The Bertz CT molecular complexity index is 349. The molecule has 0 spiro atoms. The first kappa shape index (κ1) is 22.0. The number of likely N-dealkylation sites (tertiary alicyclic amines) is 1. The Kier molecular flexibility index (Phi) is 12.0. The van der Waals surface area contributed by atoms with Crippen LogP contribution in [-0.4, -0.2) is 63.5 Å². The van der Waals surface area contributed by atoms with E-state index in [-0.39, 0.29) is 24.0 Å². The van der Waals surface area contributed by atoms with Crippen LogP contribution in [0, 0.1) is 5.92 Å². The van der Waals surface area contributed by atoms with Gasteiger partial charge in [-0.3, -0.25) is 4.99 Å². The molecule has 1 heterocycles.